The Morgan fingerprint density at radius 1 is 0.792 bits per heavy atom. The standard InChI is InChI=1S/C17H21NO4S2/c1-17(2,3)13-9-11-14(12-10-13)18-24(21,22)16-8-6-5-7-15(16)23(4,19)20/h5-12,18H,1-4H3. The highest BCUT2D eigenvalue weighted by atomic mass is 32.2. The Hall–Kier alpha value is -1.86. The van der Waals surface area contributed by atoms with Crippen LogP contribution in [0.2, 0.25) is 0 Å². The lowest BCUT2D eigenvalue weighted by Crippen LogP contribution is -2.17. The van der Waals surface area contributed by atoms with E-state index in [1.165, 1.54) is 24.3 Å². The van der Waals surface area contributed by atoms with Crippen molar-refractivity contribution in [2.45, 2.75) is 36.0 Å². The molecule has 7 heteroatoms. The summed E-state index contributed by atoms with van der Waals surface area (Å²) in [5.74, 6) is 0. The molecule has 0 spiro atoms. The van der Waals surface area contributed by atoms with Crippen molar-refractivity contribution >= 4 is 25.5 Å². The second-order valence-electron chi connectivity index (χ2n) is 6.65. The van der Waals surface area contributed by atoms with E-state index in [1.807, 2.05) is 12.1 Å². The largest absolute Gasteiger partial charge is 0.280 e. The predicted octanol–water partition coefficient (Wildman–Crippen LogP) is 3.19. The molecule has 2 aromatic carbocycles. The summed E-state index contributed by atoms with van der Waals surface area (Å²) in [6.07, 6.45) is 0.986. The molecule has 0 aromatic heterocycles. The molecule has 0 aliphatic heterocycles. The van der Waals surface area contributed by atoms with Crippen molar-refractivity contribution in [2.75, 3.05) is 11.0 Å². The summed E-state index contributed by atoms with van der Waals surface area (Å²) >= 11 is 0. The van der Waals surface area contributed by atoms with Crippen LogP contribution in [-0.4, -0.2) is 23.1 Å². The smallest absolute Gasteiger partial charge is 0.263 e. The molecule has 0 unspecified atom stereocenters. The van der Waals surface area contributed by atoms with Crippen LogP contribution in [0.3, 0.4) is 0 Å². The molecule has 0 bridgehead atoms. The first-order chi connectivity index (χ1) is 10.9. The monoisotopic (exact) mass is 367 g/mol. The van der Waals surface area contributed by atoms with Crippen molar-refractivity contribution in [1.29, 1.82) is 0 Å². The summed E-state index contributed by atoms with van der Waals surface area (Å²) in [6, 6.07) is 12.6. The minimum absolute atomic E-state index is 0.0414. The minimum atomic E-state index is -4.00. The van der Waals surface area contributed by atoms with E-state index < -0.39 is 19.9 Å². The third kappa shape index (κ3) is 4.15. The van der Waals surface area contributed by atoms with E-state index >= 15 is 0 Å². The van der Waals surface area contributed by atoms with Gasteiger partial charge in [0.05, 0.1) is 4.90 Å². The van der Waals surface area contributed by atoms with Gasteiger partial charge < -0.3 is 0 Å². The van der Waals surface area contributed by atoms with Crippen LogP contribution in [0.25, 0.3) is 0 Å². The molecule has 5 nitrogen and oxygen atoms in total. The average molecular weight is 367 g/mol. The van der Waals surface area contributed by atoms with Crippen molar-refractivity contribution in [3.63, 3.8) is 0 Å². The van der Waals surface area contributed by atoms with Crippen molar-refractivity contribution in [3.8, 4) is 0 Å². The van der Waals surface area contributed by atoms with Crippen LogP contribution in [0.15, 0.2) is 58.3 Å². The van der Waals surface area contributed by atoms with E-state index in [-0.39, 0.29) is 15.2 Å². The van der Waals surface area contributed by atoms with Crippen molar-refractivity contribution in [1.82, 2.24) is 0 Å². The summed E-state index contributed by atoms with van der Waals surface area (Å²) in [5.41, 5.74) is 1.41. The first-order valence-corrected chi connectivity index (χ1v) is 10.7. The molecule has 0 amide bonds. The van der Waals surface area contributed by atoms with E-state index in [1.54, 1.807) is 12.1 Å². The SMILES string of the molecule is CC(C)(C)c1ccc(NS(=O)(=O)c2ccccc2S(C)(=O)=O)cc1. The van der Waals surface area contributed by atoms with Gasteiger partial charge in [-0.1, -0.05) is 45.0 Å². The zero-order valence-electron chi connectivity index (χ0n) is 14.1. The van der Waals surface area contributed by atoms with Gasteiger partial charge in [-0.15, -0.1) is 0 Å². The van der Waals surface area contributed by atoms with E-state index in [0.717, 1.165) is 11.8 Å². The number of rotatable bonds is 4. The Kier molecular flexibility index (Phi) is 4.79. The number of nitrogens with one attached hydrogen (secondary N) is 1. The highest BCUT2D eigenvalue weighted by Crippen LogP contribution is 2.26. The van der Waals surface area contributed by atoms with Crippen molar-refractivity contribution < 1.29 is 16.8 Å². The van der Waals surface area contributed by atoms with E-state index in [0.29, 0.717) is 5.69 Å². The van der Waals surface area contributed by atoms with Crippen LogP contribution in [0, 0.1) is 0 Å². The Bertz CT molecular complexity index is 939. The first-order valence-electron chi connectivity index (χ1n) is 7.34. The first kappa shape index (κ1) is 18.5. The van der Waals surface area contributed by atoms with Crippen LogP contribution in [0.5, 0.6) is 0 Å². The number of benzene rings is 2. The lowest BCUT2D eigenvalue weighted by Gasteiger charge is -2.19. The predicted molar refractivity (Wildman–Crippen MR) is 95.5 cm³/mol. The van der Waals surface area contributed by atoms with Crippen LogP contribution in [0.4, 0.5) is 5.69 Å². The second-order valence-corrected chi connectivity index (χ2v) is 10.3. The zero-order chi connectivity index (χ0) is 18.2. The molecule has 0 aliphatic carbocycles. The van der Waals surface area contributed by atoms with Crippen LogP contribution in [-0.2, 0) is 25.3 Å². The molecule has 2 rings (SSSR count). The van der Waals surface area contributed by atoms with Crippen LogP contribution in [0.1, 0.15) is 26.3 Å². The van der Waals surface area contributed by atoms with Gasteiger partial charge in [0, 0.05) is 11.9 Å². The fourth-order valence-electron chi connectivity index (χ4n) is 2.23. The van der Waals surface area contributed by atoms with Gasteiger partial charge >= 0.3 is 0 Å². The summed E-state index contributed by atoms with van der Waals surface area (Å²) in [5, 5.41) is 0. The van der Waals surface area contributed by atoms with Crippen LogP contribution >= 0.6 is 0 Å². The maximum absolute atomic E-state index is 12.6. The second kappa shape index (κ2) is 6.22. The fourth-order valence-corrected chi connectivity index (χ4v) is 4.92. The van der Waals surface area contributed by atoms with Gasteiger partial charge in [0.2, 0.25) is 0 Å². The number of hydrogen-bond acceptors (Lipinski definition) is 4. The van der Waals surface area contributed by atoms with E-state index in [9.17, 15) is 16.8 Å². The van der Waals surface area contributed by atoms with E-state index in [2.05, 4.69) is 25.5 Å². The molecule has 0 saturated heterocycles. The Morgan fingerprint density at radius 3 is 1.75 bits per heavy atom. The van der Waals surface area contributed by atoms with Crippen LogP contribution < -0.4 is 4.72 Å². The summed E-state index contributed by atoms with van der Waals surface area (Å²) in [7, 11) is -7.66. The fraction of sp³-hybridized carbons (Fsp3) is 0.294. The summed E-state index contributed by atoms with van der Waals surface area (Å²) in [6.45, 7) is 6.19. The Morgan fingerprint density at radius 2 is 1.29 bits per heavy atom. The summed E-state index contributed by atoms with van der Waals surface area (Å²) < 4.78 is 51.2. The number of hydrogen-bond donors (Lipinski definition) is 1. The third-order valence-electron chi connectivity index (χ3n) is 3.54. The van der Waals surface area contributed by atoms with Crippen molar-refractivity contribution in [3.05, 3.63) is 54.1 Å². The molecule has 0 aliphatic rings. The van der Waals surface area contributed by atoms with Gasteiger partial charge in [0.1, 0.15) is 4.90 Å². The maximum Gasteiger partial charge on any atom is 0.263 e. The lowest BCUT2D eigenvalue weighted by atomic mass is 9.87. The lowest BCUT2D eigenvalue weighted by molar-refractivity contribution is 0.588. The quantitative estimate of drug-likeness (QED) is 0.900. The Balaban J connectivity index is 2.40. The summed E-state index contributed by atoms with van der Waals surface area (Å²) in [4.78, 5) is -0.476. The molecular weight excluding hydrogens is 346 g/mol. The third-order valence-corrected chi connectivity index (χ3v) is 6.26. The van der Waals surface area contributed by atoms with Gasteiger partial charge in [-0.05, 0) is 35.2 Å². The van der Waals surface area contributed by atoms with Gasteiger partial charge in [-0.3, -0.25) is 4.72 Å². The molecule has 0 fully saturated rings. The van der Waals surface area contributed by atoms with Gasteiger partial charge in [-0.25, -0.2) is 16.8 Å². The number of sulfone groups is 1. The van der Waals surface area contributed by atoms with Gasteiger partial charge in [-0.2, -0.15) is 0 Å². The molecule has 2 aromatic rings. The highest BCUT2D eigenvalue weighted by molar-refractivity contribution is 7.95. The molecule has 0 radical (unpaired) electrons. The molecule has 130 valence electrons. The molecular formula is C17H21NO4S2. The average Bonchev–Trinajstić information content (AvgIpc) is 2.45. The van der Waals surface area contributed by atoms with E-state index in [4.69, 9.17) is 0 Å². The van der Waals surface area contributed by atoms with Gasteiger partial charge in [0.25, 0.3) is 10.0 Å². The molecule has 1 N–H and O–H groups in total. The number of anilines is 1. The molecule has 24 heavy (non-hydrogen) atoms. The Labute approximate surface area is 143 Å². The number of sulfonamides is 1. The minimum Gasteiger partial charge on any atom is -0.280 e. The van der Waals surface area contributed by atoms with Gasteiger partial charge in [0.15, 0.2) is 9.84 Å². The topological polar surface area (TPSA) is 80.3 Å². The molecule has 0 atom stereocenters. The molecule has 0 heterocycles. The highest BCUT2D eigenvalue weighted by Gasteiger charge is 2.23. The zero-order valence-corrected chi connectivity index (χ0v) is 15.7. The maximum atomic E-state index is 12.6. The molecule has 0 saturated carbocycles. The normalized spacial score (nSPS) is 12.8. The van der Waals surface area contributed by atoms with Crippen molar-refractivity contribution in [2.24, 2.45) is 0 Å².